The highest BCUT2D eigenvalue weighted by Crippen LogP contribution is 2.23. The van der Waals surface area contributed by atoms with Crippen LogP contribution in [0.1, 0.15) is 10.4 Å². The van der Waals surface area contributed by atoms with E-state index >= 15 is 0 Å². The molecule has 4 nitrogen and oxygen atoms in total. The number of fused-ring (bicyclic) bond motifs is 1. The SMILES string of the molecule is O=C(Nc1cccc(Cl)c1)c1cc2cccc(Cl)c2oc1=O. The predicted molar refractivity (Wildman–Crippen MR) is 86.9 cm³/mol. The van der Waals surface area contributed by atoms with Gasteiger partial charge in [0.2, 0.25) is 0 Å². The fraction of sp³-hybridized carbons (Fsp3) is 0. The molecule has 110 valence electrons. The summed E-state index contributed by atoms with van der Waals surface area (Å²) < 4.78 is 5.13. The number of halogens is 2. The lowest BCUT2D eigenvalue weighted by Gasteiger charge is -2.06. The molecule has 1 aromatic heterocycles. The molecule has 0 aliphatic rings. The minimum absolute atomic E-state index is 0.102. The highest BCUT2D eigenvalue weighted by Gasteiger charge is 2.15. The second kappa shape index (κ2) is 5.83. The Morgan fingerprint density at radius 3 is 2.59 bits per heavy atom. The molecule has 0 saturated heterocycles. The Morgan fingerprint density at radius 1 is 1.05 bits per heavy atom. The molecule has 0 fully saturated rings. The van der Waals surface area contributed by atoms with Gasteiger partial charge in [0, 0.05) is 16.1 Å². The molecular formula is C16H9Cl2NO3. The molecule has 0 atom stereocenters. The predicted octanol–water partition coefficient (Wildman–Crippen LogP) is 4.35. The van der Waals surface area contributed by atoms with Gasteiger partial charge >= 0.3 is 5.63 Å². The van der Waals surface area contributed by atoms with Crippen LogP contribution in [0.25, 0.3) is 11.0 Å². The van der Waals surface area contributed by atoms with E-state index in [1.165, 1.54) is 6.07 Å². The Hall–Kier alpha value is -2.30. The monoisotopic (exact) mass is 333 g/mol. The van der Waals surface area contributed by atoms with Crippen molar-refractivity contribution in [2.24, 2.45) is 0 Å². The summed E-state index contributed by atoms with van der Waals surface area (Å²) >= 11 is 11.8. The zero-order valence-electron chi connectivity index (χ0n) is 11.1. The number of anilines is 1. The molecule has 0 spiro atoms. The van der Waals surface area contributed by atoms with Crippen LogP contribution in [0.3, 0.4) is 0 Å². The summed E-state index contributed by atoms with van der Waals surface area (Å²) in [5.74, 6) is -0.571. The number of rotatable bonds is 2. The summed E-state index contributed by atoms with van der Waals surface area (Å²) in [6.45, 7) is 0. The normalized spacial score (nSPS) is 10.6. The molecule has 0 saturated carbocycles. The van der Waals surface area contributed by atoms with E-state index in [1.54, 1.807) is 42.5 Å². The number of benzene rings is 2. The summed E-state index contributed by atoms with van der Waals surface area (Å²) in [5, 5.41) is 3.97. The zero-order chi connectivity index (χ0) is 15.7. The third-order valence-electron chi connectivity index (χ3n) is 3.04. The lowest BCUT2D eigenvalue weighted by atomic mass is 10.1. The van der Waals surface area contributed by atoms with Crippen LogP contribution in [0.5, 0.6) is 0 Å². The average Bonchev–Trinajstić information content (AvgIpc) is 2.47. The van der Waals surface area contributed by atoms with Crippen LogP contribution in [0, 0.1) is 0 Å². The van der Waals surface area contributed by atoms with Gasteiger partial charge in [0.05, 0.1) is 5.02 Å². The Balaban J connectivity index is 2.01. The lowest BCUT2D eigenvalue weighted by molar-refractivity contribution is 0.102. The molecule has 0 aliphatic carbocycles. The molecule has 6 heteroatoms. The van der Waals surface area contributed by atoms with Crippen molar-refractivity contribution in [3.63, 3.8) is 0 Å². The molecule has 0 bridgehead atoms. The fourth-order valence-corrected chi connectivity index (χ4v) is 2.44. The van der Waals surface area contributed by atoms with Gasteiger partial charge in [-0.05, 0) is 30.3 Å². The second-order valence-electron chi connectivity index (χ2n) is 4.57. The number of hydrogen-bond donors (Lipinski definition) is 1. The van der Waals surface area contributed by atoms with E-state index in [1.807, 2.05) is 0 Å². The van der Waals surface area contributed by atoms with E-state index < -0.39 is 11.5 Å². The smallest absolute Gasteiger partial charge is 0.349 e. The molecule has 1 amide bonds. The van der Waals surface area contributed by atoms with Gasteiger partial charge in [-0.1, -0.05) is 41.4 Å². The summed E-state index contributed by atoms with van der Waals surface area (Å²) in [6, 6.07) is 13.1. The molecule has 2 aromatic carbocycles. The maximum Gasteiger partial charge on any atom is 0.349 e. The van der Waals surface area contributed by atoms with Gasteiger partial charge in [-0.2, -0.15) is 0 Å². The molecule has 0 aliphatic heterocycles. The van der Waals surface area contributed by atoms with E-state index in [4.69, 9.17) is 27.6 Å². The summed E-state index contributed by atoms with van der Waals surface area (Å²) in [6.07, 6.45) is 0. The summed E-state index contributed by atoms with van der Waals surface area (Å²) in [4.78, 5) is 24.2. The Labute approximate surface area is 135 Å². The van der Waals surface area contributed by atoms with Crippen molar-refractivity contribution in [1.82, 2.24) is 0 Å². The third-order valence-corrected chi connectivity index (χ3v) is 3.57. The summed E-state index contributed by atoms with van der Waals surface area (Å²) in [7, 11) is 0. The van der Waals surface area contributed by atoms with E-state index in [2.05, 4.69) is 5.32 Å². The number of carbonyl (C=O) groups excluding carboxylic acids is 1. The van der Waals surface area contributed by atoms with Crippen LogP contribution in [-0.2, 0) is 0 Å². The van der Waals surface area contributed by atoms with Crippen molar-refractivity contribution >= 4 is 45.8 Å². The first kappa shape index (κ1) is 14.6. The van der Waals surface area contributed by atoms with Crippen LogP contribution in [0.2, 0.25) is 10.0 Å². The molecule has 3 aromatic rings. The van der Waals surface area contributed by atoms with E-state index in [0.29, 0.717) is 21.1 Å². The van der Waals surface area contributed by atoms with Crippen LogP contribution in [0.4, 0.5) is 5.69 Å². The minimum Gasteiger partial charge on any atom is -0.421 e. The van der Waals surface area contributed by atoms with Crippen LogP contribution in [0.15, 0.2) is 57.7 Å². The van der Waals surface area contributed by atoms with Crippen molar-refractivity contribution < 1.29 is 9.21 Å². The fourth-order valence-electron chi connectivity index (χ4n) is 2.03. The first-order valence-corrected chi connectivity index (χ1v) is 7.09. The topological polar surface area (TPSA) is 59.3 Å². The van der Waals surface area contributed by atoms with E-state index in [-0.39, 0.29) is 11.1 Å². The summed E-state index contributed by atoms with van der Waals surface area (Å²) in [5.41, 5.74) is -0.105. The van der Waals surface area contributed by atoms with Gasteiger partial charge in [-0.25, -0.2) is 4.79 Å². The van der Waals surface area contributed by atoms with Gasteiger partial charge < -0.3 is 9.73 Å². The first-order valence-electron chi connectivity index (χ1n) is 6.34. The number of hydrogen-bond acceptors (Lipinski definition) is 3. The lowest BCUT2D eigenvalue weighted by Crippen LogP contribution is -2.20. The number of nitrogens with one attached hydrogen (secondary N) is 1. The highest BCUT2D eigenvalue weighted by atomic mass is 35.5. The van der Waals surface area contributed by atoms with Crippen molar-refractivity contribution in [2.45, 2.75) is 0 Å². The Bertz CT molecular complexity index is 934. The largest absolute Gasteiger partial charge is 0.421 e. The quantitative estimate of drug-likeness (QED) is 0.709. The van der Waals surface area contributed by atoms with Crippen molar-refractivity contribution in [1.29, 1.82) is 0 Å². The maximum atomic E-state index is 12.2. The van der Waals surface area contributed by atoms with Gasteiger partial charge in [0.1, 0.15) is 5.56 Å². The molecule has 3 rings (SSSR count). The molecular weight excluding hydrogens is 325 g/mol. The van der Waals surface area contributed by atoms with Gasteiger partial charge in [0.25, 0.3) is 5.91 Å². The van der Waals surface area contributed by atoms with Crippen molar-refractivity contribution in [3.8, 4) is 0 Å². The molecule has 0 radical (unpaired) electrons. The first-order chi connectivity index (χ1) is 10.5. The average molecular weight is 334 g/mol. The van der Waals surface area contributed by atoms with Crippen LogP contribution in [-0.4, -0.2) is 5.91 Å². The van der Waals surface area contributed by atoms with Gasteiger partial charge in [-0.3, -0.25) is 4.79 Å². The second-order valence-corrected chi connectivity index (χ2v) is 5.41. The van der Waals surface area contributed by atoms with Crippen molar-refractivity contribution in [2.75, 3.05) is 5.32 Å². The highest BCUT2D eigenvalue weighted by molar-refractivity contribution is 6.34. The Morgan fingerprint density at radius 2 is 1.82 bits per heavy atom. The number of amides is 1. The zero-order valence-corrected chi connectivity index (χ0v) is 12.6. The standard InChI is InChI=1S/C16H9Cl2NO3/c17-10-4-2-5-11(8-10)19-15(20)12-7-9-3-1-6-13(18)14(9)22-16(12)21/h1-8H,(H,19,20). The molecule has 0 unspecified atom stereocenters. The maximum absolute atomic E-state index is 12.2. The molecule has 22 heavy (non-hydrogen) atoms. The molecule has 1 heterocycles. The third kappa shape index (κ3) is 2.84. The van der Waals surface area contributed by atoms with Crippen LogP contribution >= 0.6 is 23.2 Å². The number of carbonyl (C=O) groups is 1. The molecule has 1 N–H and O–H groups in total. The Kier molecular flexibility index (Phi) is 3.88. The van der Waals surface area contributed by atoms with Gasteiger partial charge in [-0.15, -0.1) is 0 Å². The van der Waals surface area contributed by atoms with Gasteiger partial charge in [0.15, 0.2) is 5.58 Å². The van der Waals surface area contributed by atoms with E-state index in [0.717, 1.165) is 0 Å². The minimum atomic E-state index is -0.750. The van der Waals surface area contributed by atoms with E-state index in [9.17, 15) is 9.59 Å². The number of para-hydroxylation sites is 1. The van der Waals surface area contributed by atoms with Crippen LogP contribution < -0.4 is 10.9 Å². The van der Waals surface area contributed by atoms with Crippen molar-refractivity contribution in [3.05, 3.63) is 74.6 Å².